The van der Waals surface area contributed by atoms with E-state index in [-0.39, 0.29) is 36.6 Å². The molecule has 0 bridgehead atoms. The van der Waals surface area contributed by atoms with E-state index >= 15 is 0 Å². The summed E-state index contributed by atoms with van der Waals surface area (Å²) in [5.74, 6) is -0.487. The smallest absolute Gasteiger partial charge is 0.254 e. The summed E-state index contributed by atoms with van der Waals surface area (Å²) in [5.41, 5.74) is 2.95. The zero-order valence-corrected chi connectivity index (χ0v) is 19.8. The van der Waals surface area contributed by atoms with Gasteiger partial charge in [0.2, 0.25) is 11.8 Å². The highest BCUT2D eigenvalue weighted by molar-refractivity contribution is 7.13. The highest BCUT2D eigenvalue weighted by atomic mass is 32.1. The number of aryl methyl sites for hydroxylation is 1. The number of hydrogen-bond donors (Lipinski definition) is 2. The lowest BCUT2D eigenvalue weighted by molar-refractivity contribution is -0.117. The molecule has 0 saturated heterocycles. The Balaban J connectivity index is 1.56. The number of hydrogen-bond acceptors (Lipinski definition) is 5. The summed E-state index contributed by atoms with van der Waals surface area (Å²) in [4.78, 5) is 43.6. The van der Waals surface area contributed by atoms with Gasteiger partial charge < -0.3 is 15.5 Å². The molecule has 1 aromatic heterocycles. The SMILES string of the molecule is Cc1ccc(NC(=O)Cc2csc(NC(=O)CN(CC(C)C)C(=O)c3ccccc3)n2)cc1. The predicted octanol–water partition coefficient (Wildman–Crippen LogP) is 4.37. The number of thiazole rings is 1. The Labute approximate surface area is 197 Å². The van der Waals surface area contributed by atoms with Crippen molar-refractivity contribution in [3.05, 3.63) is 76.8 Å². The van der Waals surface area contributed by atoms with Gasteiger partial charge in [-0.1, -0.05) is 49.7 Å². The minimum absolute atomic E-state index is 0.0747. The van der Waals surface area contributed by atoms with Gasteiger partial charge in [0, 0.05) is 23.2 Å². The summed E-state index contributed by atoms with van der Waals surface area (Å²) in [6.07, 6.45) is 0.103. The molecular formula is C25H28N4O3S. The van der Waals surface area contributed by atoms with Crippen molar-refractivity contribution < 1.29 is 14.4 Å². The molecule has 33 heavy (non-hydrogen) atoms. The van der Waals surface area contributed by atoms with Gasteiger partial charge in [0.1, 0.15) is 6.54 Å². The first-order chi connectivity index (χ1) is 15.8. The molecule has 0 spiro atoms. The summed E-state index contributed by atoms with van der Waals surface area (Å²) in [7, 11) is 0. The largest absolute Gasteiger partial charge is 0.329 e. The third-order valence-corrected chi connectivity index (χ3v) is 5.51. The van der Waals surface area contributed by atoms with Crippen molar-refractivity contribution in [3.8, 4) is 0 Å². The highest BCUT2D eigenvalue weighted by Gasteiger charge is 2.20. The van der Waals surface area contributed by atoms with E-state index in [2.05, 4.69) is 15.6 Å². The molecule has 3 amide bonds. The van der Waals surface area contributed by atoms with E-state index in [0.717, 1.165) is 11.3 Å². The van der Waals surface area contributed by atoms with Crippen molar-refractivity contribution in [2.75, 3.05) is 23.7 Å². The number of benzene rings is 2. The zero-order valence-electron chi connectivity index (χ0n) is 19.0. The Bertz CT molecular complexity index is 1090. The van der Waals surface area contributed by atoms with Crippen LogP contribution in [0.25, 0.3) is 0 Å². The van der Waals surface area contributed by atoms with Crippen LogP contribution in [0.1, 0.15) is 35.5 Å². The van der Waals surface area contributed by atoms with Crippen LogP contribution in [0.2, 0.25) is 0 Å². The Hall–Kier alpha value is -3.52. The molecule has 1 heterocycles. The maximum absolute atomic E-state index is 12.9. The number of carbonyl (C=O) groups excluding carboxylic acids is 3. The molecule has 0 radical (unpaired) electrons. The van der Waals surface area contributed by atoms with Crippen LogP contribution in [0, 0.1) is 12.8 Å². The second kappa shape index (κ2) is 11.4. The van der Waals surface area contributed by atoms with Gasteiger partial charge in [0.25, 0.3) is 5.91 Å². The second-order valence-electron chi connectivity index (χ2n) is 8.23. The van der Waals surface area contributed by atoms with Crippen molar-refractivity contribution in [2.24, 2.45) is 5.92 Å². The first-order valence-corrected chi connectivity index (χ1v) is 11.6. The molecular weight excluding hydrogens is 436 g/mol. The van der Waals surface area contributed by atoms with E-state index in [1.165, 1.54) is 11.3 Å². The molecule has 0 aliphatic carbocycles. The maximum atomic E-state index is 12.9. The van der Waals surface area contributed by atoms with Crippen LogP contribution in [0.15, 0.2) is 60.0 Å². The van der Waals surface area contributed by atoms with Crippen LogP contribution in [-0.4, -0.2) is 40.7 Å². The lowest BCUT2D eigenvalue weighted by Crippen LogP contribution is -2.40. The number of nitrogens with one attached hydrogen (secondary N) is 2. The number of anilines is 2. The summed E-state index contributed by atoms with van der Waals surface area (Å²) < 4.78 is 0. The molecule has 0 saturated carbocycles. The molecule has 7 nitrogen and oxygen atoms in total. The van der Waals surface area contributed by atoms with E-state index in [0.29, 0.717) is 22.9 Å². The molecule has 8 heteroatoms. The molecule has 0 atom stereocenters. The van der Waals surface area contributed by atoms with Crippen LogP contribution in [0.3, 0.4) is 0 Å². The molecule has 3 aromatic rings. The number of rotatable bonds is 9. The van der Waals surface area contributed by atoms with Crippen LogP contribution < -0.4 is 10.6 Å². The summed E-state index contributed by atoms with van der Waals surface area (Å²) in [6, 6.07) is 16.5. The monoisotopic (exact) mass is 464 g/mol. The topological polar surface area (TPSA) is 91.4 Å². The van der Waals surface area contributed by atoms with Crippen molar-refractivity contribution in [2.45, 2.75) is 27.2 Å². The minimum atomic E-state index is -0.329. The lowest BCUT2D eigenvalue weighted by Gasteiger charge is -2.24. The van der Waals surface area contributed by atoms with E-state index < -0.39 is 0 Å². The zero-order chi connectivity index (χ0) is 23.8. The predicted molar refractivity (Wildman–Crippen MR) is 131 cm³/mol. The average Bonchev–Trinajstić information content (AvgIpc) is 3.21. The highest BCUT2D eigenvalue weighted by Crippen LogP contribution is 2.17. The molecule has 2 aromatic carbocycles. The molecule has 2 N–H and O–H groups in total. The van der Waals surface area contributed by atoms with Gasteiger partial charge in [-0.25, -0.2) is 4.98 Å². The number of amides is 3. The number of aromatic nitrogens is 1. The second-order valence-corrected chi connectivity index (χ2v) is 9.09. The van der Waals surface area contributed by atoms with E-state index in [1.807, 2.05) is 51.1 Å². The molecule has 0 aliphatic rings. The molecule has 3 rings (SSSR count). The van der Waals surface area contributed by atoms with Crippen molar-refractivity contribution >= 4 is 39.9 Å². The van der Waals surface area contributed by atoms with Crippen molar-refractivity contribution in [3.63, 3.8) is 0 Å². The third kappa shape index (κ3) is 7.54. The normalized spacial score (nSPS) is 10.7. The van der Waals surface area contributed by atoms with Crippen LogP contribution in [0.4, 0.5) is 10.8 Å². The van der Waals surface area contributed by atoms with Crippen molar-refractivity contribution in [1.82, 2.24) is 9.88 Å². The van der Waals surface area contributed by atoms with Gasteiger partial charge in [0.05, 0.1) is 12.1 Å². The van der Waals surface area contributed by atoms with E-state index in [1.54, 1.807) is 34.5 Å². The fourth-order valence-electron chi connectivity index (χ4n) is 3.21. The van der Waals surface area contributed by atoms with Crippen LogP contribution >= 0.6 is 11.3 Å². The van der Waals surface area contributed by atoms with Gasteiger partial charge in [0.15, 0.2) is 5.13 Å². The number of carbonyl (C=O) groups is 3. The Morgan fingerprint density at radius 3 is 2.33 bits per heavy atom. The Morgan fingerprint density at radius 2 is 1.67 bits per heavy atom. The molecule has 0 unspecified atom stereocenters. The maximum Gasteiger partial charge on any atom is 0.254 e. The van der Waals surface area contributed by atoms with Gasteiger partial charge >= 0.3 is 0 Å². The molecule has 0 aliphatic heterocycles. The van der Waals surface area contributed by atoms with Gasteiger partial charge in [-0.05, 0) is 37.1 Å². The standard InChI is InChI=1S/C25H28N4O3S/c1-17(2)14-29(24(32)19-7-5-4-6-8-19)15-23(31)28-25-27-21(16-33-25)13-22(30)26-20-11-9-18(3)10-12-20/h4-12,16-17H,13-15H2,1-3H3,(H,26,30)(H,27,28,31). The Kier molecular flexibility index (Phi) is 8.32. The van der Waals surface area contributed by atoms with Crippen molar-refractivity contribution in [1.29, 1.82) is 0 Å². The average molecular weight is 465 g/mol. The fraction of sp³-hybridized carbons (Fsp3) is 0.280. The Morgan fingerprint density at radius 1 is 0.970 bits per heavy atom. The molecule has 0 fully saturated rings. The van der Waals surface area contributed by atoms with Crippen LogP contribution in [-0.2, 0) is 16.0 Å². The fourth-order valence-corrected chi connectivity index (χ4v) is 3.93. The van der Waals surface area contributed by atoms with E-state index in [9.17, 15) is 14.4 Å². The first kappa shape index (κ1) is 24.1. The minimum Gasteiger partial charge on any atom is -0.329 e. The third-order valence-electron chi connectivity index (χ3n) is 4.70. The quantitative estimate of drug-likeness (QED) is 0.492. The van der Waals surface area contributed by atoms with Gasteiger partial charge in [-0.3, -0.25) is 14.4 Å². The summed E-state index contributed by atoms with van der Waals surface area (Å²) >= 11 is 1.25. The lowest BCUT2D eigenvalue weighted by atomic mass is 10.1. The van der Waals surface area contributed by atoms with Gasteiger partial charge in [-0.15, -0.1) is 11.3 Å². The van der Waals surface area contributed by atoms with Crippen LogP contribution in [0.5, 0.6) is 0 Å². The number of nitrogens with zero attached hydrogens (tertiary/aromatic N) is 2. The first-order valence-electron chi connectivity index (χ1n) is 10.7. The summed E-state index contributed by atoms with van der Waals surface area (Å²) in [5, 5.41) is 7.72. The van der Waals surface area contributed by atoms with Gasteiger partial charge in [-0.2, -0.15) is 0 Å². The summed E-state index contributed by atoms with van der Waals surface area (Å²) in [6.45, 7) is 6.37. The van der Waals surface area contributed by atoms with E-state index in [4.69, 9.17) is 0 Å². The molecule has 172 valence electrons.